The number of fused-ring (bicyclic) bond motifs is 3. The van der Waals surface area contributed by atoms with Gasteiger partial charge in [-0.05, 0) is 45.4 Å². The largest absolute Gasteiger partial charge is 0.323 e. The number of carbonyl (C=O) groups excluding carboxylic acids is 2. The van der Waals surface area contributed by atoms with Crippen LogP contribution < -0.4 is 10.6 Å². The van der Waals surface area contributed by atoms with Crippen LogP contribution in [0.15, 0.2) is 6.20 Å². The predicted octanol–water partition coefficient (Wildman–Crippen LogP) is 2.54. The summed E-state index contributed by atoms with van der Waals surface area (Å²) in [5.74, 6) is -0.162. The van der Waals surface area contributed by atoms with Crippen LogP contribution in [0.25, 0.3) is 0 Å². The molecule has 1 saturated heterocycles. The first-order valence-electron chi connectivity index (χ1n) is 10.2. The second-order valence-corrected chi connectivity index (χ2v) is 9.90. The van der Waals surface area contributed by atoms with Crippen molar-refractivity contribution in [3.63, 3.8) is 0 Å². The molecular formula is C20H26FN5O2S. The molecule has 7 nitrogen and oxygen atoms in total. The summed E-state index contributed by atoms with van der Waals surface area (Å²) in [5, 5.41) is 16.2. The van der Waals surface area contributed by atoms with E-state index in [1.807, 2.05) is 13.0 Å². The number of nitrogens with zero attached hydrogens (tertiary/aromatic N) is 3. The third-order valence-corrected chi connectivity index (χ3v) is 7.73. The lowest BCUT2D eigenvalue weighted by molar-refractivity contribution is -0.135. The highest BCUT2D eigenvalue weighted by molar-refractivity contribution is 7.15. The Morgan fingerprint density at radius 2 is 2.03 bits per heavy atom. The van der Waals surface area contributed by atoms with Crippen molar-refractivity contribution in [3.05, 3.63) is 11.1 Å². The Labute approximate surface area is 173 Å². The van der Waals surface area contributed by atoms with Crippen LogP contribution in [-0.4, -0.2) is 52.5 Å². The number of aromatic nitrogens is 1. The molecule has 2 bridgehead atoms. The van der Waals surface area contributed by atoms with Gasteiger partial charge in [0.05, 0.1) is 19.2 Å². The Balaban J connectivity index is 1.32. The van der Waals surface area contributed by atoms with E-state index in [9.17, 15) is 14.0 Å². The van der Waals surface area contributed by atoms with Crippen LogP contribution in [0, 0.1) is 23.7 Å². The number of nitrogens with one attached hydrogen (secondary N) is 2. The van der Waals surface area contributed by atoms with Gasteiger partial charge in [0.2, 0.25) is 11.8 Å². The van der Waals surface area contributed by atoms with Crippen molar-refractivity contribution in [1.82, 2.24) is 15.2 Å². The first kappa shape index (κ1) is 20.2. The number of aryl methyl sites for hydroxylation is 1. The zero-order valence-corrected chi connectivity index (χ0v) is 17.4. The monoisotopic (exact) mass is 419 g/mol. The van der Waals surface area contributed by atoms with Crippen molar-refractivity contribution in [3.8, 4) is 6.07 Å². The third-order valence-electron chi connectivity index (χ3n) is 6.90. The molecule has 156 valence electrons. The van der Waals surface area contributed by atoms with Gasteiger partial charge < -0.3 is 15.5 Å². The highest BCUT2D eigenvalue weighted by atomic mass is 32.1. The molecule has 0 spiro atoms. The van der Waals surface area contributed by atoms with E-state index in [1.54, 1.807) is 6.20 Å². The molecule has 2 heterocycles. The minimum absolute atomic E-state index is 0.00521. The van der Waals surface area contributed by atoms with Crippen molar-refractivity contribution in [2.75, 3.05) is 18.4 Å². The average molecular weight is 420 g/mol. The van der Waals surface area contributed by atoms with Crippen LogP contribution in [0.5, 0.6) is 0 Å². The maximum atomic E-state index is 13.6. The molecule has 2 N–H and O–H groups in total. The lowest BCUT2D eigenvalue weighted by atomic mass is 9.57. The number of hydrogen-bond acceptors (Lipinski definition) is 6. The molecule has 4 fully saturated rings. The smallest absolute Gasteiger partial charge is 0.237 e. The van der Waals surface area contributed by atoms with Gasteiger partial charge in [0.1, 0.15) is 12.2 Å². The predicted molar refractivity (Wildman–Crippen MR) is 107 cm³/mol. The minimum atomic E-state index is -1.12. The summed E-state index contributed by atoms with van der Waals surface area (Å²) in [6, 6.07) is 1.36. The molecule has 4 aliphatic rings. The summed E-state index contributed by atoms with van der Waals surface area (Å²) in [6.07, 6.45) is 5.57. The Bertz CT molecular complexity index is 826. The zero-order chi connectivity index (χ0) is 20.6. The van der Waals surface area contributed by atoms with E-state index >= 15 is 0 Å². The number of halogens is 1. The Hall–Kier alpha value is -2.05. The van der Waals surface area contributed by atoms with Gasteiger partial charge in [0.25, 0.3) is 0 Å². The third kappa shape index (κ3) is 3.88. The summed E-state index contributed by atoms with van der Waals surface area (Å²) in [5.41, 5.74) is -0.498. The van der Waals surface area contributed by atoms with Gasteiger partial charge in [-0.15, -0.1) is 11.3 Å². The number of amides is 2. The quantitative estimate of drug-likeness (QED) is 0.764. The van der Waals surface area contributed by atoms with E-state index in [0.29, 0.717) is 5.13 Å². The molecule has 9 heteroatoms. The van der Waals surface area contributed by atoms with Crippen molar-refractivity contribution in [1.29, 1.82) is 5.26 Å². The van der Waals surface area contributed by atoms with Crippen molar-refractivity contribution < 1.29 is 14.0 Å². The van der Waals surface area contributed by atoms with Gasteiger partial charge in [-0.1, -0.05) is 0 Å². The number of likely N-dealkylation sites (tertiary alicyclic amines) is 1. The topological polar surface area (TPSA) is 98.1 Å². The lowest BCUT2D eigenvalue weighted by Crippen LogP contribution is -2.59. The molecule has 2 amide bonds. The molecule has 1 aliphatic heterocycles. The maximum absolute atomic E-state index is 13.6. The van der Waals surface area contributed by atoms with Crippen LogP contribution in [0.3, 0.4) is 0 Å². The second-order valence-electron chi connectivity index (χ2n) is 8.67. The van der Waals surface area contributed by atoms with Gasteiger partial charge in [-0.2, -0.15) is 5.26 Å². The van der Waals surface area contributed by atoms with Crippen LogP contribution in [0.2, 0.25) is 0 Å². The molecule has 0 aromatic carbocycles. The fraction of sp³-hybridized carbons (Fsp3) is 0.700. The minimum Gasteiger partial charge on any atom is -0.323 e. The highest BCUT2D eigenvalue weighted by Crippen LogP contribution is 2.52. The van der Waals surface area contributed by atoms with Crippen LogP contribution in [0.4, 0.5) is 9.52 Å². The molecular weight excluding hydrogens is 393 g/mol. The molecule has 3 aliphatic carbocycles. The first-order chi connectivity index (χ1) is 13.8. The van der Waals surface area contributed by atoms with Gasteiger partial charge in [-0.3, -0.25) is 9.59 Å². The normalized spacial score (nSPS) is 33.5. The number of rotatable bonds is 5. The maximum Gasteiger partial charge on any atom is 0.237 e. The van der Waals surface area contributed by atoms with E-state index in [4.69, 9.17) is 5.26 Å². The number of alkyl halides is 1. The fourth-order valence-electron chi connectivity index (χ4n) is 4.98. The van der Waals surface area contributed by atoms with Crippen molar-refractivity contribution in [2.45, 2.75) is 69.6 Å². The summed E-state index contributed by atoms with van der Waals surface area (Å²) >= 11 is 1.48. The number of nitriles is 1. The lowest BCUT2D eigenvalue weighted by Gasteiger charge is -2.52. The van der Waals surface area contributed by atoms with E-state index < -0.39 is 12.2 Å². The number of hydrogen-bond donors (Lipinski definition) is 2. The SMILES string of the molecule is Cc1cnc(NC(=O)C23CCC(NCC(=O)N4C[C@@H](F)C[C@H]4C#N)(CC2)CC3)s1. The van der Waals surface area contributed by atoms with E-state index in [1.165, 1.54) is 16.2 Å². The van der Waals surface area contributed by atoms with Gasteiger partial charge in [0, 0.05) is 28.4 Å². The molecule has 0 unspecified atom stereocenters. The fourth-order valence-corrected chi connectivity index (χ4v) is 5.64. The zero-order valence-electron chi connectivity index (χ0n) is 16.5. The van der Waals surface area contributed by atoms with Crippen LogP contribution in [-0.2, 0) is 9.59 Å². The summed E-state index contributed by atoms with van der Waals surface area (Å²) in [4.78, 5) is 32.1. The Kier molecular flexibility index (Phi) is 5.34. The number of carbonyl (C=O) groups is 2. The molecule has 1 aromatic heterocycles. The Morgan fingerprint density at radius 1 is 1.34 bits per heavy atom. The second kappa shape index (κ2) is 7.65. The van der Waals surface area contributed by atoms with Gasteiger partial charge in [-0.25, -0.2) is 9.37 Å². The van der Waals surface area contributed by atoms with Gasteiger partial charge in [0.15, 0.2) is 5.13 Å². The van der Waals surface area contributed by atoms with E-state index in [0.717, 1.165) is 43.4 Å². The molecule has 5 rings (SSSR count). The molecule has 2 atom stereocenters. The Morgan fingerprint density at radius 3 is 2.62 bits per heavy atom. The van der Waals surface area contributed by atoms with Crippen LogP contribution in [0.1, 0.15) is 49.8 Å². The van der Waals surface area contributed by atoms with Gasteiger partial charge >= 0.3 is 0 Å². The summed E-state index contributed by atoms with van der Waals surface area (Å²) in [6.45, 7) is 2.08. The molecule has 1 aromatic rings. The summed E-state index contributed by atoms with van der Waals surface area (Å²) < 4.78 is 13.6. The molecule has 29 heavy (non-hydrogen) atoms. The summed E-state index contributed by atoms with van der Waals surface area (Å²) in [7, 11) is 0. The molecule has 3 saturated carbocycles. The van der Waals surface area contributed by atoms with Crippen molar-refractivity contribution >= 4 is 28.3 Å². The van der Waals surface area contributed by atoms with E-state index in [-0.39, 0.29) is 42.3 Å². The standard InChI is InChI=1S/C20H26FN5O2S/c1-13-10-23-18(29-13)25-17(28)19-2-5-20(6-3-19,7-4-19)24-11-16(27)26-12-14(21)8-15(26)9-22/h10,14-15,24H,2-8,11-12H2,1H3,(H,23,25,28)/t14-,15-,19?,20?/m0/s1. The van der Waals surface area contributed by atoms with Crippen molar-refractivity contribution in [2.24, 2.45) is 5.41 Å². The van der Waals surface area contributed by atoms with Crippen LogP contribution >= 0.6 is 11.3 Å². The number of anilines is 1. The molecule has 0 radical (unpaired) electrons. The first-order valence-corrected chi connectivity index (χ1v) is 11.0. The van der Waals surface area contributed by atoms with E-state index in [2.05, 4.69) is 15.6 Å². The average Bonchev–Trinajstić information content (AvgIpc) is 3.32. The number of thiazole rings is 1. The highest BCUT2D eigenvalue weighted by Gasteiger charge is 2.52.